The van der Waals surface area contributed by atoms with Crippen LogP contribution in [0.15, 0.2) is 59.3 Å². The Morgan fingerprint density at radius 1 is 1.00 bits per heavy atom. The average Bonchev–Trinajstić information content (AvgIpc) is 3.48. The first-order valence-electron chi connectivity index (χ1n) is 10.2. The highest BCUT2D eigenvalue weighted by Crippen LogP contribution is 2.29. The van der Waals surface area contributed by atoms with Gasteiger partial charge in [0, 0.05) is 50.0 Å². The van der Waals surface area contributed by atoms with Crippen molar-refractivity contribution in [3.05, 3.63) is 66.4 Å². The van der Waals surface area contributed by atoms with Crippen molar-refractivity contribution in [1.82, 2.24) is 19.4 Å². The summed E-state index contributed by atoms with van der Waals surface area (Å²) in [5, 5.41) is 0.857. The Morgan fingerprint density at radius 3 is 2.48 bits per heavy atom. The molecule has 4 heterocycles. The molecule has 0 atom stereocenters. The molecule has 1 aliphatic heterocycles. The number of nitrogens with zero attached hydrogens (tertiary/aromatic N) is 5. The van der Waals surface area contributed by atoms with Crippen LogP contribution in [-0.4, -0.2) is 58.6 Å². The number of ether oxygens (including phenoxy) is 1. The lowest BCUT2D eigenvalue weighted by molar-refractivity contribution is 0.0716. The number of carbonyl (C=O) groups is 1. The van der Waals surface area contributed by atoms with Crippen molar-refractivity contribution in [1.29, 1.82) is 0 Å². The molecule has 0 spiro atoms. The number of furan rings is 1. The first-order valence-corrected chi connectivity index (χ1v) is 10.2. The van der Waals surface area contributed by atoms with Crippen molar-refractivity contribution in [2.24, 2.45) is 0 Å². The highest BCUT2D eigenvalue weighted by molar-refractivity contribution is 5.97. The standard InChI is InChI=1S/C23H23N5O3/c1-16-24-20(26-8-3-4-9-26)15-21(25-16)27-10-12-28(13-11-27)23(29)19-14-17-6-5-7-18(30-2)22(17)31-19/h3-9,14-15H,10-13H2,1-2H3. The van der Waals surface area contributed by atoms with Gasteiger partial charge in [0.2, 0.25) is 0 Å². The Hall–Kier alpha value is -3.81. The van der Waals surface area contributed by atoms with Gasteiger partial charge < -0.3 is 23.5 Å². The van der Waals surface area contributed by atoms with Gasteiger partial charge in [0.1, 0.15) is 17.5 Å². The SMILES string of the molecule is COc1cccc2cc(C(=O)N3CCN(c4cc(-n5cccc5)nc(C)n4)CC3)oc12. The van der Waals surface area contributed by atoms with Gasteiger partial charge in [-0.1, -0.05) is 12.1 Å². The zero-order valence-electron chi connectivity index (χ0n) is 17.5. The summed E-state index contributed by atoms with van der Waals surface area (Å²) in [6, 6.07) is 13.3. The number of carbonyl (C=O) groups excluding carboxylic acids is 1. The number of methoxy groups -OCH3 is 1. The molecule has 31 heavy (non-hydrogen) atoms. The van der Waals surface area contributed by atoms with Gasteiger partial charge >= 0.3 is 0 Å². The maximum atomic E-state index is 13.0. The van der Waals surface area contributed by atoms with E-state index in [0.717, 1.165) is 22.8 Å². The number of hydrogen-bond donors (Lipinski definition) is 0. The fraction of sp³-hybridized carbons (Fsp3) is 0.261. The Labute approximate surface area is 179 Å². The number of fused-ring (bicyclic) bond motifs is 1. The second kappa shape index (κ2) is 7.79. The van der Waals surface area contributed by atoms with E-state index in [1.54, 1.807) is 13.2 Å². The van der Waals surface area contributed by atoms with Crippen molar-refractivity contribution in [2.75, 3.05) is 38.2 Å². The number of amides is 1. The molecule has 0 aliphatic carbocycles. The third kappa shape index (κ3) is 3.61. The summed E-state index contributed by atoms with van der Waals surface area (Å²) in [5.41, 5.74) is 0.598. The first kappa shape index (κ1) is 19.2. The van der Waals surface area contributed by atoms with E-state index in [1.807, 2.05) is 65.2 Å². The summed E-state index contributed by atoms with van der Waals surface area (Å²) in [6.45, 7) is 4.46. The minimum atomic E-state index is -0.107. The minimum absolute atomic E-state index is 0.107. The molecule has 0 unspecified atom stereocenters. The normalized spacial score (nSPS) is 14.3. The minimum Gasteiger partial charge on any atom is -0.493 e. The molecule has 0 N–H and O–H groups in total. The van der Waals surface area contributed by atoms with E-state index in [4.69, 9.17) is 9.15 Å². The van der Waals surface area contributed by atoms with Gasteiger partial charge in [0.15, 0.2) is 17.1 Å². The second-order valence-electron chi connectivity index (χ2n) is 7.49. The molecule has 8 heteroatoms. The van der Waals surface area contributed by atoms with Gasteiger partial charge in [0.05, 0.1) is 7.11 Å². The number of benzene rings is 1. The fourth-order valence-corrected chi connectivity index (χ4v) is 3.92. The molecule has 0 saturated carbocycles. The molecule has 1 aromatic carbocycles. The smallest absolute Gasteiger partial charge is 0.289 e. The van der Waals surface area contributed by atoms with E-state index < -0.39 is 0 Å². The average molecular weight is 417 g/mol. The Morgan fingerprint density at radius 2 is 1.74 bits per heavy atom. The van der Waals surface area contributed by atoms with Crippen molar-refractivity contribution in [3.8, 4) is 11.6 Å². The van der Waals surface area contributed by atoms with Crippen molar-refractivity contribution in [3.63, 3.8) is 0 Å². The number of anilines is 1. The molecule has 1 aliphatic rings. The summed E-state index contributed by atoms with van der Waals surface area (Å²) in [7, 11) is 1.59. The Kier molecular flexibility index (Phi) is 4.82. The van der Waals surface area contributed by atoms with Crippen LogP contribution in [-0.2, 0) is 0 Å². The number of rotatable bonds is 4. The van der Waals surface area contributed by atoms with Crippen LogP contribution in [0.3, 0.4) is 0 Å². The number of hydrogen-bond acceptors (Lipinski definition) is 6. The summed E-state index contributed by atoms with van der Waals surface area (Å²) >= 11 is 0. The highest BCUT2D eigenvalue weighted by Gasteiger charge is 2.26. The molecular weight excluding hydrogens is 394 g/mol. The molecule has 3 aromatic heterocycles. The third-order valence-corrected chi connectivity index (χ3v) is 5.51. The van der Waals surface area contributed by atoms with E-state index in [-0.39, 0.29) is 5.91 Å². The number of aryl methyl sites for hydroxylation is 1. The molecule has 1 saturated heterocycles. The molecule has 1 amide bonds. The molecule has 158 valence electrons. The van der Waals surface area contributed by atoms with E-state index in [0.29, 0.717) is 43.3 Å². The van der Waals surface area contributed by atoms with Crippen LogP contribution in [0.4, 0.5) is 5.82 Å². The molecule has 0 radical (unpaired) electrons. The Bertz CT molecular complexity index is 1220. The van der Waals surface area contributed by atoms with Crippen molar-refractivity contribution < 1.29 is 13.9 Å². The van der Waals surface area contributed by atoms with Crippen LogP contribution < -0.4 is 9.64 Å². The summed E-state index contributed by atoms with van der Waals surface area (Å²) in [4.78, 5) is 26.2. The summed E-state index contributed by atoms with van der Waals surface area (Å²) in [5.74, 6) is 3.28. The van der Waals surface area contributed by atoms with Crippen LogP contribution in [0.25, 0.3) is 16.8 Å². The van der Waals surface area contributed by atoms with Crippen molar-refractivity contribution >= 4 is 22.7 Å². The molecule has 1 fully saturated rings. The first-order chi connectivity index (χ1) is 15.1. The summed E-state index contributed by atoms with van der Waals surface area (Å²) < 4.78 is 13.1. The predicted octanol–water partition coefficient (Wildman–Crippen LogP) is 3.29. The molecule has 8 nitrogen and oxygen atoms in total. The van der Waals surface area contributed by atoms with Crippen LogP contribution in [0, 0.1) is 6.92 Å². The molecule has 4 aromatic rings. The molecule has 0 bridgehead atoms. The number of aromatic nitrogens is 3. The molecular formula is C23H23N5O3. The van der Waals surface area contributed by atoms with E-state index >= 15 is 0 Å². The second-order valence-corrected chi connectivity index (χ2v) is 7.49. The Balaban J connectivity index is 1.31. The van der Waals surface area contributed by atoms with Gasteiger partial charge in [-0.15, -0.1) is 0 Å². The van der Waals surface area contributed by atoms with Gasteiger partial charge in [-0.2, -0.15) is 0 Å². The van der Waals surface area contributed by atoms with Crippen LogP contribution >= 0.6 is 0 Å². The maximum absolute atomic E-state index is 13.0. The zero-order chi connectivity index (χ0) is 21.4. The maximum Gasteiger partial charge on any atom is 0.289 e. The number of piperazine rings is 1. The highest BCUT2D eigenvalue weighted by atomic mass is 16.5. The van der Waals surface area contributed by atoms with Gasteiger partial charge in [-0.05, 0) is 31.2 Å². The van der Waals surface area contributed by atoms with Gasteiger partial charge in [-0.3, -0.25) is 4.79 Å². The van der Waals surface area contributed by atoms with Crippen LogP contribution in [0.5, 0.6) is 5.75 Å². The lowest BCUT2D eigenvalue weighted by Crippen LogP contribution is -2.49. The van der Waals surface area contributed by atoms with Crippen LogP contribution in [0.1, 0.15) is 16.4 Å². The zero-order valence-corrected chi connectivity index (χ0v) is 17.5. The third-order valence-electron chi connectivity index (χ3n) is 5.51. The fourth-order valence-electron chi connectivity index (χ4n) is 3.92. The van der Waals surface area contributed by atoms with Crippen molar-refractivity contribution in [2.45, 2.75) is 6.92 Å². The van der Waals surface area contributed by atoms with Gasteiger partial charge in [0.25, 0.3) is 5.91 Å². The number of para-hydroxylation sites is 1. The monoisotopic (exact) mass is 417 g/mol. The topological polar surface area (TPSA) is 76.6 Å². The predicted molar refractivity (Wildman–Crippen MR) is 117 cm³/mol. The van der Waals surface area contributed by atoms with E-state index in [9.17, 15) is 4.79 Å². The lowest BCUT2D eigenvalue weighted by atomic mass is 10.2. The van der Waals surface area contributed by atoms with E-state index in [2.05, 4.69) is 14.9 Å². The van der Waals surface area contributed by atoms with Gasteiger partial charge in [-0.25, -0.2) is 9.97 Å². The quantitative estimate of drug-likeness (QED) is 0.507. The largest absolute Gasteiger partial charge is 0.493 e. The lowest BCUT2D eigenvalue weighted by Gasteiger charge is -2.35. The summed E-state index contributed by atoms with van der Waals surface area (Å²) in [6.07, 6.45) is 3.93. The van der Waals surface area contributed by atoms with Crippen LogP contribution in [0.2, 0.25) is 0 Å². The molecule has 5 rings (SSSR count). The van der Waals surface area contributed by atoms with E-state index in [1.165, 1.54) is 0 Å².